The molecule has 1 aromatic carbocycles. The number of thiophene rings is 1. The molecule has 0 saturated carbocycles. The fraction of sp³-hybridized carbons (Fsp3) is 0.353. The lowest BCUT2D eigenvalue weighted by atomic mass is 10.1. The second kappa shape index (κ2) is 8.93. The Morgan fingerprint density at radius 2 is 2.17 bits per heavy atom. The van der Waals surface area contributed by atoms with Gasteiger partial charge in [0.05, 0.1) is 11.6 Å². The molecule has 2 aromatic rings. The molecular formula is C17H22BrN3OS. The van der Waals surface area contributed by atoms with Gasteiger partial charge in [0.25, 0.3) is 0 Å². The van der Waals surface area contributed by atoms with Crippen LogP contribution in [0.2, 0.25) is 0 Å². The van der Waals surface area contributed by atoms with Gasteiger partial charge in [-0.2, -0.15) is 0 Å². The molecule has 0 radical (unpaired) electrons. The van der Waals surface area contributed by atoms with Gasteiger partial charge in [0.2, 0.25) is 0 Å². The first-order valence-corrected chi connectivity index (χ1v) is 9.11. The quantitative estimate of drug-likeness (QED) is 0.574. The Labute approximate surface area is 150 Å². The molecule has 0 aliphatic carbocycles. The number of nitrogens with one attached hydrogen (secondary N) is 2. The van der Waals surface area contributed by atoms with Crippen molar-refractivity contribution in [1.29, 1.82) is 0 Å². The van der Waals surface area contributed by atoms with Gasteiger partial charge >= 0.3 is 0 Å². The van der Waals surface area contributed by atoms with Crippen molar-refractivity contribution in [2.75, 3.05) is 20.7 Å². The monoisotopic (exact) mass is 395 g/mol. The Kier molecular flexibility index (Phi) is 6.92. The fourth-order valence-electron chi connectivity index (χ4n) is 2.15. The number of guanidine groups is 1. The molecule has 1 atom stereocenters. The third-order valence-corrected chi connectivity index (χ3v) is 5.23. The summed E-state index contributed by atoms with van der Waals surface area (Å²) in [6.45, 7) is 3.77. The Bertz CT molecular complexity index is 643. The predicted molar refractivity (Wildman–Crippen MR) is 102 cm³/mol. The van der Waals surface area contributed by atoms with Crippen LogP contribution in [0, 0.1) is 0 Å². The molecular weight excluding hydrogens is 374 g/mol. The van der Waals surface area contributed by atoms with E-state index >= 15 is 0 Å². The van der Waals surface area contributed by atoms with E-state index in [9.17, 15) is 0 Å². The molecule has 4 nitrogen and oxygen atoms in total. The molecule has 0 spiro atoms. The highest BCUT2D eigenvalue weighted by Gasteiger charge is 2.08. The molecule has 23 heavy (non-hydrogen) atoms. The minimum atomic E-state index is 0.462. The van der Waals surface area contributed by atoms with Crippen LogP contribution in [0.1, 0.15) is 23.3 Å². The summed E-state index contributed by atoms with van der Waals surface area (Å²) in [7, 11) is 3.45. The summed E-state index contributed by atoms with van der Waals surface area (Å²) in [4.78, 5) is 5.66. The van der Waals surface area contributed by atoms with Crippen molar-refractivity contribution in [1.82, 2.24) is 10.6 Å². The SMILES string of the molecule is CN=C(NCc1ccc(OC)c(Br)c1)NCC(C)c1cccs1. The van der Waals surface area contributed by atoms with Crippen LogP contribution in [0.25, 0.3) is 0 Å². The van der Waals surface area contributed by atoms with Gasteiger partial charge in [-0.05, 0) is 45.1 Å². The third-order valence-electron chi connectivity index (χ3n) is 3.50. The van der Waals surface area contributed by atoms with Crippen LogP contribution in [0.15, 0.2) is 45.2 Å². The first-order valence-electron chi connectivity index (χ1n) is 7.44. The molecule has 0 saturated heterocycles. The summed E-state index contributed by atoms with van der Waals surface area (Å²) < 4.78 is 6.20. The summed E-state index contributed by atoms with van der Waals surface area (Å²) >= 11 is 5.29. The smallest absolute Gasteiger partial charge is 0.191 e. The standard InChI is InChI=1S/C17H22BrN3OS/c1-12(16-5-4-8-23-16)10-20-17(19-2)21-11-13-6-7-15(22-3)14(18)9-13/h4-9,12H,10-11H2,1-3H3,(H2,19,20,21). The molecule has 1 aromatic heterocycles. The maximum atomic E-state index is 5.24. The second-order valence-electron chi connectivity index (χ2n) is 5.19. The number of halogens is 1. The van der Waals surface area contributed by atoms with Crippen LogP contribution in [-0.2, 0) is 6.54 Å². The molecule has 2 rings (SSSR count). The summed E-state index contributed by atoms with van der Waals surface area (Å²) in [5, 5.41) is 8.82. The van der Waals surface area contributed by atoms with Gasteiger partial charge in [0.1, 0.15) is 5.75 Å². The highest BCUT2D eigenvalue weighted by atomic mass is 79.9. The van der Waals surface area contributed by atoms with E-state index in [1.807, 2.05) is 18.2 Å². The number of hydrogen-bond donors (Lipinski definition) is 2. The van der Waals surface area contributed by atoms with Gasteiger partial charge < -0.3 is 15.4 Å². The van der Waals surface area contributed by atoms with E-state index in [2.05, 4.69) is 56.0 Å². The molecule has 0 amide bonds. The minimum Gasteiger partial charge on any atom is -0.496 e. The molecule has 0 bridgehead atoms. The summed E-state index contributed by atoms with van der Waals surface area (Å²) in [5.41, 5.74) is 1.16. The topological polar surface area (TPSA) is 45.7 Å². The third kappa shape index (κ3) is 5.25. The van der Waals surface area contributed by atoms with Crippen LogP contribution in [-0.4, -0.2) is 26.7 Å². The number of benzene rings is 1. The molecule has 2 N–H and O–H groups in total. The summed E-state index contributed by atoms with van der Waals surface area (Å²) in [6, 6.07) is 10.3. The van der Waals surface area contributed by atoms with Crippen molar-refractivity contribution in [3.63, 3.8) is 0 Å². The van der Waals surface area contributed by atoms with E-state index in [0.717, 1.165) is 28.3 Å². The average molecular weight is 396 g/mol. The number of nitrogens with zero attached hydrogens (tertiary/aromatic N) is 1. The highest BCUT2D eigenvalue weighted by Crippen LogP contribution is 2.25. The zero-order chi connectivity index (χ0) is 16.7. The zero-order valence-corrected chi connectivity index (χ0v) is 16.0. The summed E-state index contributed by atoms with van der Waals surface area (Å²) in [6.07, 6.45) is 0. The maximum Gasteiger partial charge on any atom is 0.191 e. The lowest BCUT2D eigenvalue weighted by Gasteiger charge is -2.15. The molecule has 0 fully saturated rings. The van der Waals surface area contributed by atoms with E-state index in [1.54, 1.807) is 25.5 Å². The number of rotatable bonds is 6. The van der Waals surface area contributed by atoms with Crippen LogP contribution in [0.4, 0.5) is 0 Å². The number of ether oxygens (including phenoxy) is 1. The molecule has 124 valence electrons. The highest BCUT2D eigenvalue weighted by molar-refractivity contribution is 9.10. The van der Waals surface area contributed by atoms with Gasteiger partial charge in [0, 0.05) is 30.9 Å². The van der Waals surface area contributed by atoms with Gasteiger partial charge in [-0.25, -0.2) is 0 Å². The van der Waals surface area contributed by atoms with Crippen LogP contribution >= 0.6 is 27.3 Å². The van der Waals surface area contributed by atoms with E-state index in [0.29, 0.717) is 12.5 Å². The minimum absolute atomic E-state index is 0.462. The van der Waals surface area contributed by atoms with E-state index in [1.165, 1.54) is 4.88 Å². The van der Waals surface area contributed by atoms with E-state index < -0.39 is 0 Å². The average Bonchev–Trinajstić information content (AvgIpc) is 3.09. The lowest BCUT2D eigenvalue weighted by molar-refractivity contribution is 0.412. The first-order chi connectivity index (χ1) is 11.1. The van der Waals surface area contributed by atoms with Crippen molar-refractivity contribution >= 4 is 33.2 Å². The Morgan fingerprint density at radius 3 is 2.78 bits per heavy atom. The second-order valence-corrected chi connectivity index (χ2v) is 7.03. The van der Waals surface area contributed by atoms with Gasteiger partial charge in [-0.15, -0.1) is 11.3 Å². The van der Waals surface area contributed by atoms with E-state index in [-0.39, 0.29) is 0 Å². The largest absolute Gasteiger partial charge is 0.496 e. The van der Waals surface area contributed by atoms with Crippen molar-refractivity contribution in [2.24, 2.45) is 4.99 Å². The Balaban J connectivity index is 1.84. The molecule has 6 heteroatoms. The number of methoxy groups -OCH3 is 1. The molecule has 0 aliphatic rings. The van der Waals surface area contributed by atoms with Crippen molar-refractivity contribution in [3.05, 3.63) is 50.6 Å². The zero-order valence-electron chi connectivity index (χ0n) is 13.6. The number of hydrogen-bond acceptors (Lipinski definition) is 3. The first kappa shape index (κ1) is 17.8. The number of aliphatic imine (C=N–C) groups is 1. The maximum absolute atomic E-state index is 5.24. The van der Waals surface area contributed by atoms with Crippen molar-refractivity contribution in [2.45, 2.75) is 19.4 Å². The van der Waals surface area contributed by atoms with Gasteiger partial charge in [0.15, 0.2) is 5.96 Å². The van der Waals surface area contributed by atoms with Crippen LogP contribution in [0.5, 0.6) is 5.75 Å². The molecule has 1 unspecified atom stereocenters. The van der Waals surface area contributed by atoms with Crippen molar-refractivity contribution < 1.29 is 4.74 Å². The molecule has 0 aliphatic heterocycles. The van der Waals surface area contributed by atoms with Gasteiger partial charge in [-0.1, -0.05) is 19.1 Å². The lowest BCUT2D eigenvalue weighted by Crippen LogP contribution is -2.38. The summed E-state index contributed by atoms with van der Waals surface area (Å²) in [5.74, 6) is 2.10. The molecule has 1 heterocycles. The van der Waals surface area contributed by atoms with Crippen molar-refractivity contribution in [3.8, 4) is 5.75 Å². The predicted octanol–water partition coefficient (Wildman–Crippen LogP) is 3.99. The normalized spacial score (nSPS) is 12.8. The Hall–Kier alpha value is -1.53. The van der Waals surface area contributed by atoms with Crippen LogP contribution in [0.3, 0.4) is 0 Å². The van der Waals surface area contributed by atoms with Gasteiger partial charge in [-0.3, -0.25) is 4.99 Å². The fourth-order valence-corrected chi connectivity index (χ4v) is 3.52. The van der Waals surface area contributed by atoms with Crippen LogP contribution < -0.4 is 15.4 Å². The van der Waals surface area contributed by atoms with E-state index in [4.69, 9.17) is 4.74 Å². The Morgan fingerprint density at radius 1 is 1.35 bits per heavy atom.